The molecule has 0 spiro atoms. The molecule has 1 aromatic heterocycles. The number of benzene rings is 1. The molecule has 2 aromatic rings. The van der Waals surface area contributed by atoms with Crippen LogP contribution in [0.1, 0.15) is 28.4 Å². The third kappa shape index (κ3) is 6.45. The van der Waals surface area contributed by atoms with Crippen LogP contribution in [0, 0.1) is 5.82 Å². The van der Waals surface area contributed by atoms with Crippen molar-refractivity contribution >= 4 is 24.0 Å². The molecule has 1 atom stereocenters. The van der Waals surface area contributed by atoms with Gasteiger partial charge in [0.15, 0.2) is 11.7 Å². The number of halogens is 7. The summed E-state index contributed by atoms with van der Waals surface area (Å²) >= 11 is 0. The quantitative estimate of drug-likeness (QED) is 0.423. The number of carbonyl (C=O) groups excluding carboxylic acids is 1. The van der Waals surface area contributed by atoms with Crippen LogP contribution in [0.15, 0.2) is 40.6 Å². The van der Waals surface area contributed by atoms with Crippen LogP contribution < -0.4 is 11.1 Å². The number of nitrogens with two attached hydrogens (primary N) is 1. The fourth-order valence-corrected chi connectivity index (χ4v) is 2.21. The molecule has 2 rings (SSSR count). The van der Waals surface area contributed by atoms with E-state index in [2.05, 4.69) is 25.3 Å². The van der Waals surface area contributed by atoms with Crippen LogP contribution >= 0.6 is 0 Å². The van der Waals surface area contributed by atoms with E-state index in [0.717, 1.165) is 18.7 Å². The largest absolute Gasteiger partial charge is 0.416 e. The molecule has 31 heavy (non-hydrogen) atoms. The van der Waals surface area contributed by atoms with Crippen molar-refractivity contribution in [1.29, 1.82) is 0 Å². The van der Waals surface area contributed by atoms with Gasteiger partial charge < -0.3 is 11.1 Å². The highest BCUT2D eigenvalue weighted by Crippen LogP contribution is 2.36. The molecule has 166 valence electrons. The first-order chi connectivity index (χ1) is 14.3. The molecule has 0 fully saturated rings. The van der Waals surface area contributed by atoms with Gasteiger partial charge in [0.05, 0.1) is 35.9 Å². The summed E-state index contributed by atoms with van der Waals surface area (Å²) in [7, 11) is 0. The Balaban J connectivity index is 2.36. The fourth-order valence-electron chi connectivity index (χ4n) is 2.21. The standard InChI is InChI=1S/C17H13F7N6O/c1-8(13(28-7-25)30-15-26-5-12(18)6-27-15)29-14(31)9-2-10(16(19,20)21)4-11(3-9)17(22,23)24/h2-8H,1H3,(H,29,31)(H2,25,26,27,28,30)/t8-/m0/s1. The van der Waals surface area contributed by atoms with Crippen LogP contribution in [-0.4, -0.2) is 34.1 Å². The molecular weight excluding hydrogens is 437 g/mol. The Bertz CT molecular complexity index is 967. The van der Waals surface area contributed by atoms with E-state index in [1.54, 1.807) is 0 Å². The van der Waals surface area contributed by atoms with E-state index in [-0.39, 0.29) is 30.0 Å². The number of amides is 1. The molecule has 14 heteroatoms. The lowest BCUT2D eigenvalue weighted by molar-refractivity contribution is -0.143. The Morgan fingerprint density at radius 2 is 1.58 bits per heavy atom. The maximum atomic E-state index is 13.0. The van der Waals surface area contributed by atoms with E-state index in [0.29, 0.717) is 0 Å². The minimum absolute atomic E-state index is 0.0995. The highest BCUT2D eigenvalue weighted by Gasteiger charge is 2.37. The van der Waals surface area contributed by atoms with E-state index in [9.17, 15) is 35.5 Å². The molecule has 0 saturated carbocycles. The predicted octanol–water partition coefficient (Wildman–Crippen LogP) is 3.49. The Morgan fingerprint density at radius 3 is 2.03 bits per heavy atom. The monoisotopic (exact) mass is 450 g/mol. The molecule has 1 amide bonds. The van der Waals surface area contributed by atoms with Gasteiger partial charge in [-0.15, -0.1) is 0 Å². The van der Waals surface area contributed by atoms with Gasteiger partial charge in [0, 0.05) is 5.56 Å². The van der Waals surface area contributed by atoms with Crippen molar-refractivity contribution in [3.05, 3.63) is 53.1 Å². The molecule has 1 heterocycles. The van der Waals surface area contributed by atoms with Crippen molar-refractivity contribution in [2.45, 2.75) is 25.3 Å². The topological polar surface area (TPSA) is 106 Å². The first kappa shape index (κ1) is 23.7. The average molecular weight is 450 g/mol. The summed E-state index contributed by atoms with van der Waals surface area (Å²) in [6.07, 6.45) is -7.87. The van der Waals surface area contributed by atoms with Crippen LogP contribution in [0.25, 0.3) is 0 Å². The molecule has 0 aliphatic rings. The first-order valence-electron chi connectivity index (χ1n) is 8.22. The molecule has 0 bridgehead atoms. The van der Waals surface area contributed by atoms with E-state index >= 15 is 0 Å². The smallest absolute Gasteiger partial charge is 0.390 e. The van der Waals surface area contributed by atoms with E-state index < -0.39 is 46.8 Å². The molecule has 1 aromatic carbocycles. The van der Waals surface area contributed by atoms with Crippen LogP contribution in [0.3, 0.4) is 0 Å². The number of nitrogens with one attached hydrogen (secondary N) is 1. The fraction of sp³-hybridized carbons (Fsp3) is 0.235. The molecule has 0 aliphatic heterocycles. The second-order valence-corrected chi connectivity index (χ2v) is 5.94. The van der Waals surface area contributed by atoms with Crippen LogP contribution in [0.5, 0.6) is 0 Å². The van der Waals surface area contributed by atoms with Gasteiger partial charge in [-0.3, -0.25) is 4.79 Å². The van der Waals surface area contributed by atoms with Gasteiger partial charge in [-0.1, -0.05) is 0 Å². The summed E-state index contributed by atoms with van der Waals surface area (Å²) in [5.74, 6) is -2.54. The number of nitrogens with zero attached hydrogens (tertiary/aromatic N) is 4. The average Bonchev–Trinajstić information content (AvgIpc) is 2.67. The highest BCUT2D eigenvalue weighted by molar-refractivity contribution is 6.01. The second-order valence-electron chi connectivity index (χ2n) is 5.94. The number of hydrogen-bond donors (Lipinski definition) is 2. The summed E-state index contributed by atoms with van der Waals surface area (Å²) in [6.45, 7) is 1.28. The summed E-state index contributed by atoms with van der Waals surface area (Å²) in [5.41, 5.74) is 1.01. The lowest BCUT2D eigenvalue weighted by atomic mass is 10.0. The van der Waals surface area contributed by atoms with Crippen molar-refractivity contribution in [3.8, 4) is 0 Å². The number of aliphatic imine (C=N–C) groups is 2. The lowest BCUT2D eigenvalue weighted by Crippen LogP contribution is -2.38. The van der Waals surface area contributed by atoms with E-state index in [1.165, 1.54) is 6.92 Å². The zero-order chi connectivity index (χ0) is 23.4. The number of rotatable bonds is 4. The number of amidine groups is 1. The minimum Gasteiger partial charge on any atom is -0.390 e. The van der Waals surface area contributed by atoms with Crippen molar-refractivity contribution in [2.24, 2.45) is 15.7 Å². The summed E-state index contributed by atoms with van der Waals surface area (Å²) in [6, 6.07) is -0.686. The van der Waals surface area contributed by atoms with Crippen molar-refractivity contribution in [2.75, 3.05) is 0 Å². The molecule has 3 N–H and O–H groups in total. The number of alkyl halides is 6. The third-order valence-electron chi connectivity index (χ3n) is 3.61. The SMILES string of the molecule is C[C@H](NC(=O)c1cc(C(F)(F)F)cc(C(F)(F)F)c1)C(N=CN)=Nc1ncc(F)cn1. The zero-order valence-corrected chi connectivity index (χ0v) is 15.5. The molecule has 7 nitrogen and oxygen atoms in total. The number of aromatic nitrogens is 2. The minimum atomic E-state index is -5.11. The molecule has 0 saturated heterocycles. The maximum absolute atomic E-state index is 13.0. The van der Waals surface area contributed by atoms with Gasteiger partial charge in [-0.2, -0.15) is 31.3 Å². The Hall–Kier alpha value is -3.58. The Morgan fingerprint density at radius 1 is 1.06 bits per heavy atom. The molecule has 0 radical (unpaired) electrons. The zero-order valence-electron chi connectivity index (χ0n) is 15.5. The van der Waals surface area contributed by atoms with E-state index in [4.69, 9.17) is 5.73 Å². The second kappa shape index (κ2) is 9.06. The van der Waals surface area contributed by atoms with Gasteiger partial charge in [0.1, 0.15) is 0 Å². The summed E-state index contributed by atoms with van der Waals surface area (Å²) in [4.78, 5) is 26.9. The Labute approximate surface area is 169 Å². The van der Waals surface area contributed by atoms with Gasteiger partial charge in [-0.05, 0) is 25.1 Å². The van der Waals surface area contributed by atoms with Gasteiger partial charge in [0.2, 0.25) is 0 Å². The van der Waals surface area contributed by atoms with Crippen LogP contribution in [0.4, 0.5) is 36.7 Å². The van der Waals surface area contributed by atoms with Crippen molar-refractivity contribution in [3.63, 3.8) is 0 Å². The van der Waals surface area contributed by atoms with Crippen molar-refractivity contribution in [1.82, 2.24) is 15.3 Å². The summed E-state index contributed by atoms with van der Waals surface area (Å²) in [5, 5.41) is 2.17. The molecule has 0 aliphatic carbocycles. The predicted molar refractivity (Wildman–Crippen MR) is 95.1 cm³/mol. The normalized spacial score (nSPS) is 14.0. The van der Waals surface area contributed by atoms with E-state index in [1.807, 2.05) is 0 Å². The van der Waals surface area contributed by atoms with Gasteiger partial charge in [-0.25, -0.2) is 19.4 Å². The Kier molecular flexibility index (Phi) is 6.92. The lowest BCUT2D eigenvalue weighted by Gasteiger charge is -2.16. The highest BCUT2D eigenvalue weighted by atomic mass is 19.4. The van der Waals surface area contributed by atoms with Gasteiger partial charge >= 0.3 is 12.4 Å². The van der Waals surface area contributed by atoms with Gasteiger partial charge in [0.25, 0.3) is 11.9 Å². The van der Waals surface area contributed by atoms with Crippen LogP contribution in [-0.2, 0) is 12.4 Å². The third-order valence-corrected chi connectivity index (χ3v) is 3.61. The first-order valence-corrected chi connectivity index (χ1v) is 8.22. The maximum Gasteiger partial charge on any atom is 0.416 e. The van der Waals surface area contributed by atoms with Crippen LogP contribution in [0.2, 0.25) is 0 Å². The van der Waals surface area contributed by atoms with Crippen molar-refractivity contribution < 1.29 is 35.5 Å². The molecule has 0 unspecified atom stereocenters. The number of carbonyl (C=O) groups is 1. The number of hydrogen-bond acceptors (Lipinski definition) is 4. The molecular formula is C17H13F7N6O. The summed E-state index contributed by atoms with van der Waals surface area (Å²) < 4.78 is 90.7.